The van der Waals surface area contributed by atoms with Crippen molar-refractivity contribution in [3.05, 3.63) is 107 Å². The van der Waals surface area contributed by atoms with E-state index in [4.69, 9.17) is 0 Å². The Labute approximate surface area is 216 Å². The molecule has 4 rings (SSSR count). The Bertz CT molecular complexity index is 1440. The van der Waals surface area contributed by atoms with Gasteiger partial charge in [-0.2, -0.15) is 5.10 Å². The first-order chi connectivity index (χ1) is 17.7. The summed E-state index contributed by atoms with van der Waals surface area (Å²) in [7, 11) is 0. The monoisotopic (exact) mass is 498 g/mol. The molecule has 0 spiro atoms. The number of rotatable bonds is 8. The smallest absolute Gasteiger partial charge is 0.262 e. The van der Waals surface area contributed by atoms with E-state index >= 15 is 0 Å². The third-order valence-corrected chi connectivity index (χ3v) is 6.45. The SMILES string of the molecule is Cc1ccc(C(=O)NC(C(=O)N/N=C\c2c(C)n(Cc3ccc(F)cc3)c3ccccc23)C(C)C)cc1. The molecule has 6 nitrogen and oxygen atoms in total. The van der Waals surface area contributed by atoms with Gasteiger partial charge in [-0.1, -0.05) is 61.9 Å². The molecule has 37 heavy (non-hydrogen) atoms. The Balaban J connectivity index is 1.52. The van der Waals surface area contributed by atoms with Crippen molar-refractivity contribution in [3.63, 3.8) is 0 Å². The van der Waals surface area contributed by atoms with Crippen molar-refractivity contribution < 1.29 is 14.0 Å². The maximum absolute atomic E-state index is 13.4. The molecule has 1 unspecified atom stereocenters. The van der Waals surface area contributed by atoms with Crippen LogP contribution < -0.4 is 10.7 Å². The van der Waals surface area contributed by atoms with E-state index in [9.17, 15) is 14.0 Å². The molecule has 0 saturated carbocycles. The number of hydrazone groups is 1. The standard InChI is InChI=1S/C30H31FN4O2/c1-19(2)28(33-29(36)23-13-9-20(3)10-14-23)30(37)34-32-17-26-21(4)35(27-8-6-5-7-25(26)27)18-22-11-15-24(31)16-12-22/h5-17,19,28H,18H2,1-4H3,(H,33,36)(H,34,37)/b32-17-. The molecular weight excluding hydrogens is 467 g/mol. The number of nitrogens with zero attached hydrogens (tertiary/aromatic N) is 2. The zero-order valence-electron chi connectivity index (χ0n) is 21.5. The molecule has 0 radical (unpaired) electrons. The number of hydrogen-bond donors (Lipinski definition) is 2. The van der Waals surface area contributed by atoms with E-state index in [1.54, 1.807) is 30.5 Å². The van der Waals surface area contributed by atoms with Crippen LogP contribution in [0.25, 0.3) is 10.9 Å². The second-order valence-electron chi connectivity index (χ2n) is 9.52. The number of nitrogens with one attached hydrogen (secondary N) is 2. The summed E-state index contributed by atoms with van der Waals surface area (Å²) in [6.07, 6.45) is 1.63. The molecule has 0 aliphatic heterocycles. The Morgan fingerprint density at radius 3 is 2.32 bits per heavy atom. The van der Waals surface area contributed by atoms with Crippen LogP contribution >= 0.6 is 0 Å². The molecule has 1 atom stereocenters. The summed E-state index contributed by atoms with van der Waals surface area (Å²) < 4.78 is 15.5. The van der Waals surface area contributed by atoms with E-state index in [1.807, 2.05) is 64.1 Å². The number of aromatic nitrogens is 1. The number of hydrogen-bond acceptors (Lipinski definition) is 3. The van der Waals surface area contributed by atoms with Gasteiger partial charge in [-0.3, -0.25) is 9.59 Å². The second-order valence-corrected chi connectivity index (χ2v) is 9.52. The van der Waals surface area contributed by atoms with Crippen LogP contribution in [0.4, 0.5) is 4.39 Å². The van der Waals surface area contributed by atoms with Crippen LogP contribution in [-0.2, 0) is 11.3 Å². The lowest BCUT2D eigenvalue weighted by atomic mass is 10.0. The molecule has 0 aliphatic rings. The zero-order chi connectivity index (χ0) is 26.5. The van der Waals surface area contributed by atoms with Crippen LogP contribution in [0.5, 0.6) is 0 Å². The minimum atomic E-state index is -0.744. The molecule has 0 bridgehead atoms. The predicted octanol–water partition coefficient (Wildman–Crippen LogP) is 5.35. The average molecular weight is 499 g/mol. The van der Waals surface area contributed by atoms with E-state index in [1.165, 1.54) is 12.1 Å². The number of benzene rings is 3. The van der Waals surface area contributed by atoms with E-state index < -0.39 is 6.04 Å². The maximum Gasteiger partial charge on any atom is 0.262 e. The van der Waals surface area contributed by atoms with Crippen molar-refractivity contribution in [2.75, 3.05) is 0 Å². The fraction of sp³-hybridized carbons (Fsp3) is 0.233. The van der Waals surface area contributed by atoms with Crippen molar-refractivity contribution >= 4 is 28.9 Å². The van der Waals surface area contributed by atoms with Crippen LogP contribution in [0.15, 0.2) is 77.9 Å². The summed E-state index contributed by atoms with van der Waals surface area (Å²) in [5, 5.41) is 8.06. The van der Waals surface area contributed by atoms with Gasteiger partial charge in [0.05, 0.1) is 6.21 Å². The number of amides is 2. The molecule has 3 aromatic carbocycles. The van der Waals surface area contributed by atoms with Gasteiger partial charge in [0.25, 0.3) is 11.8 Å². The van der Waals surface area contributed by atoms with Crippen molar-refractivity contribution in [1.82, 2.24) is 15.3 Å². The van der Waals surface area contributed by atoms with Gasteiger partial charge in [-0.25, -0.2) is 9.82 Å². The first-order valence-electron chi connectivity index (χ1n) is 12.3. The highest BCUT2D eigenvalue weighted by atomic mass is 19.1. The normalized spacial score (nSPS) is 12.3. The summed E-state index contributed by atoms with van der Waals surface area (Å²) in [5.74, 6) is -1.10. The number of aryl methyl sites for hydroxylation is 1. The minimum absolute atomic E-state index is 0.135. The van der Waals surface area contributed by atoms with Crippen molar-refractivity contribution in [2.24, 2.45) is 11.0 Å². The Morgan fingerprint density at radius 1 is 0.973 bits per heavy atom. The minimum Gasteiger partial charge on any atom is -0.340 e. The highest BCUT2D eigenvalue weighted by Gasteiger charge is 2.24. The van der Waals surface area contributed by atoms with Gasteiger partial charge in [-0.15, -0.1) is 0 Å². The van der Waals surface area contributed by atoms with E-state index in [-0.39, 0.29) is 23.5 Å². The average Bonchev–Trinajstić information content (AvgIpc) is 3.14. The van der Waals surface area contributed by atoms with Gasteiger partial charge in [0, 0.05) is 34.3 Å². The molecule has 190 valence electrons. The van der Waals surface area contributed by atoms with Gasteiger partial charge in [0.2, 0.25) is 0 Å². The van der Waals surface area contributed by atoms with Crippen LogP contribution in [0, 0.1) is 25.6 Å². The molecule has 0 saturated heterocycles. The van der Waals surface area contributed by atoms with Gasteiger partial charge >= 0.3 is 0 Å². The third-order valence-electron chi connectivity index (χ3n) is 6.45. The van der Waals surface area contributed by atoms with Gasteiger partial charge in [0.1, 0.15) is 11.9 Å². The Hall–Kier alpha value is -4.26. The molecule has 2 N–H and O–H groups in total. The summed E-state index contributed by atoms with van der Waals surface area (Å²) in [6, 6.07) is 20.9. The van der Waals surface area contributed by atoms with Crippen molar-refractivity contribution in [2.45, 2.75) is 40.3 Å². The second kappa shape index (κ2) is 11.2. The largest absolute Gasteiger partial charge is 0.340 e. The molecular formula is C30H31FN4O2. The quantitative estimate of drug-likeness (QED) is 0.254. The molecule has 7 heteroatoms. The fourth-order valence-electron chi connectivity index (χ4n) is 4.29. The molecule has 0 fully saturated rings. The fourth-order valence-corrected chi connectivity index (χ4v) is 4.29. The Morgan fingerprint density at radius 2 is 1.65 bits per heavy atom. The zero-order valence-corrected chi connectivity index (χ0v) is 21.5. The highest BCUT2D eigenvalue weighted by Crippen LogP contribution is 2.25. The molecule has 0 aliphatic carbocycles. The first-order valence-corrected chi connectivity index (χ1v) is 12.3. The van der Waals surface area contributed by atoms with Crippen LogP contribution in [0.1, 0.15) is 46.6 Å². The van der Waals surface area contributed by atoms with Gasteiger partial charge in [0.15, 0.2) is 0 Å². The van der Waals surface area contributed by atoms with Crippen LogP contribution in [0.2, 0.25) is 0 Å². The predicted molar refractivity (Wildman–Crippen MR) is 145 cm³/mol. The van der Waals surface area contributed by atoms with Crippen molar-refractivity contribution in [1.29, 1.82) is 0 Å². The maximum atomic E-state index is 13.4. The number of fused-ring (bicyclic) bond motifs is 1. The summed E-state index contributed by atoms with van der Waals surface area (Å²) >= 11 is 0. The van der Waals surface area contributed by atoms with Gasteiger partial charge < -0.3 is 9.88 Å². The first kappa shape index (κ1) is 25.8. The van der Waals surface area contributed by atoms with Crippen LogP contribution in [0.3, 0.4) is 0 Å². The lowest BCUT2D eigenvalue weighted by molar-refractivity contribution is -0.123. The van der Waals surface area contributed by atoms with E-state index in [0.29, 0.717) is 12.1 Å². The van der Waals surface area contributed by atoms with Gasteiger partial charge in [-0.05, 0) is 55.7 Å². The molecule has 1 aromatic heterocycles. The number of carbonyl (C=O) groups excluding carboxylic acids is 2. The molecule has 4 aromatic rings. The summed E-state index contributed by atoms with van der Waals surface area (Å²) in [6.45, 7) is 8.26. The summed E-state index contributed by atoms with van der Waals surface area (Å²) in [5.41, 5.74) is 7.99. The number of para-hydroxylation sites is 1. The van der Waals surface area contributed by atoms with Crippen molar-refractivity contribution in [3.8, 4) is 0 Å². The third kappa shape index (κ3) is 5.94. The highest BCUT2D eigenvalue weighted by molar-refractivity contribution is 6.02. The van der Waals surface area contributed by atoms with Crippen LogP contribution in [-0.4, -0.2) is 28.6 Å². The van der Waals surface area contributed by atoms with E-state index in [0.717, 1.165) is 33.3 Å². The topological polar surface area (TPSA) is 75.5 Å². The lowest BCUT2D eigenvalue weighted by Gasteiger charge is -2.20. The molecule has 2 amide bonds. The number of carbonyl (C=O) groups is 2. The lowest BCUT2D eigenvalue weighted by Crippen LogP contribution is -2.48. The molecule has 1 heterocycles. The summed E-state index contributed by atoms with van der Waals surface area (Å²) in [4.78, 5) is 25.6. The number of halogens is 1. The Kier molecular flexibility index (Phi) is 7.82. The van der Waals surface area contributed by atoms with E-state index in [2.05, 4.69) is 20.4 Å².